The highest BCUT2D eigenvalue weighted by Crippen LogP contribution is 2.33. The van der Waals surface area contributed by atoms with E-state index in [0.717, 1.165) is 16.8 Å². The standard InChI is InChI=1S/C19H15N5O3S/c1-10(2)11-6-7-15-14(9-11)16(17(25)20-15)21-19-23-22-18(28-19)12-4-3-5-13(8-12)24(26)27/h3-10H,1-2H3,(H,20,21,23,25). The second-order valence-electron chi connectivity index (χ2n) is 6.57. The number of hydrogen-bond donors (Lipinski definition) is 1. The average molecular weight is 393 g/mol. The molecule has 0 spiro atoms. The Labute approximate surface area is 164 Å². The first kappa shape index (κ1) is 17.9. The number of rotatable bonds is 4. The predicted molar refractivity (Wildman–Crippen MR) is 107 cm³/mol. The van der Waals surface area contributed by atoms with Crippen LogP contribution in [0.2, 0.25) is 0 Å². The summed E-state index contributed by atoms with van der Waals surface area (Å²) in [7, 11) is 0. The highest BCUT2D eigenvalue weighted by molar-refractivity contribution is 7.18. The smallest absolute Gasteiger partial charge is 0.275 e. The molecule has 0 bridgehead atoms. The molecule has 3 aromatic rings. The van der Waals surface area contributed by atoms with Crippen LogP contribution in [-0.4, -0.2) is 26.7 Å². The number of carbonyl (C=O) groups excluding carboxylic acids is 1. The van der Waals surface area contributed by atoms with E-state index in [0.29, 0.717) is 27.3 Å². The summed E-state index contributed by atoms with van der Waals surface area (Å²) in [5.74, 6) is 0.0345. The summed E-state index contributed by atoms with van der Waals surface area (Å²) in [5.41, 5.74) is 3.42. The molecule has 1 aliphatic rings. The molecule has 1 aliphatic heterocycles. The molecule has 4 rings (SSSR count). The maximum absolute atomic E-state index is 12.4. The first-order chi connectivity index (χ1) is 13.4. The lowest BCUT2D eigenvalue weighted by Gasteiger charge is -2.06. The predicted octanol–water partition coefficient (Wildman–Crippen LogP) is 4.31. The molecule has 1 N–H and O–H groups in total. The number of anilines is 1. The van der Waals surface area contributed by atoms with E-state index in [9.17, 15) is 14.9 Å². The lowest BCUT2D eigenvalue weighted by molar-refractivity contribution is -0.384. The molecule has 0 unspecified atom stereocenters. The molecule has 0 atom stereocenters. The Morgan fingerprint density at radius 2 is 2.00 bits per heavy atom. The zero-order valence-corrected chi connectivity index (χ0v) is 15.9. The van der Waals surface area contributed by atoms with Crippen molar-refractivity contribution in [2.45, 2.75) is 19.8 Å². The normalized spacial score (nSPS) is 14.4. The minimum atomic E-state index is -0.461. The van der Waals surface area contributed by atoms with Gasteiger partial charge in [0.1, 0.15) is 10.7 Å². The largest absolute Gasteiger partial charge is 0.320 e. The molecule has 8 nitrogen and oxygen atoms in total. The van der Waals surface area contributed by atoms with Crippen LogP contribution in [0.1, 0.15) is 30.9 Å². The summed E-state index contributed by atoms with van der Waals surface area (Å²) in [5, 5.41) is 22.7. The van der Waals surface area contributed by atoms with Crippen molar-refractivity contribution in [1.29, 1.82) is 0 Å². The number of carbonyl (C=O) groups is 1. The molecule has 2 aromatic carbocycles. The van der Waals surface area contributed by atoms with Gasteiger partial charge in [-0.15, -0.1) is 10.2 Å². The Bertz CT molecular complexity index is 1140. The highest BCUT2D eigenvalue weighted by Gasteiger charge is 2.27. The number of amides is 1. The van der Waals surface area contributed by atoms with Gasteiger partial charge in [-0.1, -0.05) is 43.4 Å². The number of aromatic nitrogens is 2. The first-order valence-corrected chi connectivity index (χ1v) is 9.36. The van der Waals surface area contributed by atoms with E-state index in [1.165, 1.54) is 23.5 Å². The zero-order chi connectivity index (χ0) is 19.8. The SMILES string of the molecule is CC(C)c1ccc2c(c1)/C(=N\c1nnc(-c3cccc([N+](=O)[O-])c3)s1)C(=O)N2. The maximum atomic E-state index is 12.4. The maximum Gasteiger partial charge on any atom is 0.275 e. The molecule has 2 heterocycles. The monoisotopic (exact) mass is 393 g/mol. The molecular formula is C19H15N5O3S. The lowest BCUT2D eigenvalue weighted by atomic mass is 9.99. The van der Waals surface area contributed by atoms with Crippen molar-refractivity contribution in [2.75, 3.05) is 5.32 Å². The number of nitrogens with one attached hydrogen (secondary N) is 1. The number of nitro groups is 1. The molecule has 9 heteroatoms. The van der Waals surface area contributed by atoms with Crippen LogP contribution in [0.25, 0.3) is 10.6 Å². The number of benzene rings is 2. The molecule has 0 saturated carbocycles. The van der Waals surface area contributed by atoms with Gasteiger partial charge in [0.05, 0.1) is 10.6 Å². The second-order valence-corrected chi connectivity index (χ2v) is 7.53. The van der Waals surface area contributed by atoms with E-state index in [4.69, 9.17) is 0 Å². The fraction of sp³-hybridized carbons (Fsp3) is 0.158. The third-order valence-electron chi connectivity index (χ3n) is 4.35. The summed E-state index contributed by atoms with van der Waals surface area (Å²) in [6, 6.07) is 12.0. The van der Waals surface area contributed by atoms with Gasteiger partial charge in [0.2, 0.25) is 5.13 Å². The molecule has 0 saturated heterocycles. The summed E-state index contributed by atoms with van der Waals surface area (Å²) >= 11 is 1.17. The molecule has 0 fully saturated rings. The van der Waals surface area contributed by atoms with Gasteiger partial charge in [0, 0.05) is 23.3 Å². The summed E-state index contributed by atoms with van der Waals surface area (Å²) in [4.78, 5) is 27.2. The highest BCUT2D eigenvalue weighted by atomic mass is 32.1. The summed E-state index contributed by atoms with van der Waals surface area (Å²) in [6.45, 7) is 4.16. The number of hydrogen-bond acceptors (Lipinski definition) is 7. The van der Waals surface area contributed by atoms with Gasteiger partial charge >= 0.3 is 0 Å². The van der Waals surface area contributed by atoms with Crippen molar-refractivity contribution in [1.82, 2.24) is 10.2 Å². The van der Waals surface area contributed by atoms with Gasteiger partial charge in [0.25, 0.3) is 11.6 Å². The van der Waals surface area contributed by atoms with Crippen molar-refractivity contribution in [3.05, 3.63) is 63.7 Å². The number of fused-ring (bicyclic) bond motifs is 1. The molecule has 28 heavy (non-hydrogen) atoms. The summed E-state index contributed by atoms with van der Waals surface area (Å²) < 4.78 is 0. The van der Waals surface area contributed by atoms with E-state index in [2.05, 4.69) is 34.4 Å². The van der Waals surface area contributed by atoms with Crippen molar-refractivity contribution in [3.8, 4) is 10.6 Å². The fourth-order valence-corrected chi connectivity index (χ4v) is 3.58. The van der Waals surface area contributed by atoms with E-state index in [1.807, 2.05) is 18.2 Å². The quantitative estimate of drug-likeness (QED) is 0.524. The van der Waals surface area contributed by atoms with Gasteiger partial charge in [-0.2, -0.15) is 0 Å². The average Bonchev–Trinajstić information content (AvgIpc) is 3.26. The Morgan fingerprint density at radius 3 is 2.75 bits per heavy atom. The molecule has 0 radical (unpaired) electrons. The van der Waals surface area contributed by atoms with Gasteiger partial charge in [-0.25, -0.2) is 4.99 Å². The van der Waals surface area contributed by atoms with Crippen molar-refractivity contribution in [3.63, 3.8) is 0 Å². The van der Waals surface area contributed by atoms with Crippen LogP contribution < -0.4 is 5.32 Å². The molecule has 1 amide bonds. The Kier molecular flexibility index (Phi) is 4.44. The van der Waals surface area contributed by atoms with Gasteiger partial charge in [0.15, 0.2) is 0 Å². The fourth-order valence-electron chi connectivity index (χ4n) is 2.87. The van der Waals surface area contributed by atoms with Crippen molar-refractivity contribution in [2.24, 2.45) is 4.99 Å². The van der Waals surface area contributed by atoms with Crippen LogP contribution in [0.5, 0.6) is 0 Å². The number of nitro benzene ring substituents is 1. The van der Waals surface area contributed by atoms with Gasteiger partial charge < -0.3 is 5.32 Å². The van der Waals surface area contributed by atoms with E-state index < -0.39 is 4.92 Å². The van der Waals surface area contributed by atoms with Crippen LogP contribution in [0.3, 0.4) is 0 Å². The Balaban J connectivity index is 1.70. The van der Waals surface area contributed by atoms with Crippen LogP contribution >= 0.6 is 11.3 Å². The van der Waals surface area contributed by atoms with E-state index >= 15 is 0 Å². The molecule has 0 aliphatic carbocycles. The van der Waals surface area contributed by atoms with Crippen LogP contribution in [-0.2, 0) is 4.79 Å². The number of non-ortho nitro benzene ring substituents is 1. The Hall–Kier alpha value is -3.46. The van der Waals surface area contributed by atoms with Crippen molar-refractivity contribution < 1.29 is 9.72 Å². The zero-order valence-electron chi connectivity index (χ0n) is 15.0. The van der Waals surface area contributed by atoms with Gasteiger partial charge in [-0.3, -0.25) is 14.9 Å². The van der Waals surface area contributed by atoms with Crippen molar-refractivity contribution >= 4 is 39.5 Å². The van der Waals surface area contributed by atoms with Crippen LogP contribution in [0.4, 0.5) is 16.5 Å². The summed E-state index contributed by atoms with van der Waals surface area (Å²) in [6.07, 6.45) is 0. The number of nitrogens with zero attached hydrogens (tertiary/aromatic N) is 4. The second kappa shape index (κ2) is 6.93. The van der Waals surface area contributed by atoms with Gasteiger partial charge in [-0.05, 0) is 23.6 Å². The lowest BCUT2D eigenvalue weighted by Crippen LogP contribution is -2.13. The molecule has 140 valence electrons. The Morgan fingerprint density at radius 1 is 1.18 bits per heavy atom. The molecule has 1 aromatic heterocycles. The first-order valence-electron chi connectivity index (χ1n) is 8.55. The topological polar surface area (TPSA) is 110 Å². The third-order valence-corrected chi connectivity index (χ3v) is 5.22. The van der Waals surface area contributed by atoms with Crippen LogP contribution in [0, 0.1) is 10.1 Å². The molecular weight excluding hydrogens is 378 g/mol. The van der Waals surface area contributed by atoms with E-state index in [-0.39, 0.29) is 11.6 Å². The van der Waals surface area contributed by atoms with E-state index in [1.54, 1.807) is 12.1 Å². The van der Waals surface area contributed by atoms with Crippen LogP contribution in [0.15, 0.2) is 47.5 Å². The minimum absolute atomic E-state index is 0.0223. The third kappa shape index (κ3) is 3.27. The minimum Gasteiger partial charge on any atom is -0.320 e. The number of aliphatic imine (C=N–C) groups is 1.